The summed E-state index contributed by atoms with van der Waals surface area (Å²) >= 11 is 0. The Balaban J connectivity index is 1.54. The summed E-state index contributed by atoms with van der Waals surface area (Å²) in [4.78, 5) is 11.4. The first kappa shape index (κ1) is 19.4. The minimum Gasteiger partial charge on any atom is -0.472 e. The van der Waals surface area contributed by atoms with Crippen LogP contribution in [0, 0.1) is 6.92 Å². The number of aliphatic hydroxyl groups excluding tert-OH is 1. The molecule has 1 saturated heterocycles. The zero-order valence-electron chi connectivity index (χ0n) is 17.0. The van der Waals surface area contributed by atoms with E-state index in [2.05, 4.69) is 47.1 Å². The number of ether oxygens (including phenoxy) is 1. The number of aryl methyl sites for hydroxylation is 2. The number of aromatic nitrogens is 2. The fraction of sp³-hybridized carbons (Fsp3) is 0.333. The molecule has 1 aliphatic rings. The highest BCUT2D eigenvalue weighted by Crippen LogP contribution is 2.30. The van der Waals surface area contributed by atoms with Crippen LogP contribution in [0.1, 0.15) is 30.2 Å². The Labute approximate surface area is 172 Å². The lowest BCUT2D eigenvalue weighted by atomic mass is 10.0. The zero-order chi connectivity index (χ0) is 20.2. The third kappa shape index (κ3) is 4.10. The summed E-state index contributed by atoms with van der Waals surface area (Å²) in [5.74, 6) is 0.700. The topological polar surface area (TPSA) is 58.5 Å². The average Bonchev–Trinajstić information content (AvgIpc) is 3.23. The molecule has 4 rings (SSSR count). The second kappa shape index (κ2) is 8.62. The minimum absolute atomic E-state index is 0.0793. The molecule has 1 N–H and O–H groups in total. The normalized spacial score (nSPS) is 16.2. The first-order valence-electron chi connectivity index (χ1n) is 10.2. The molecule has 0 amide bonds. The molecule has 1 fully saturated rings. The molecule has 1 atom stereocenters. The van der Waals surface area contributed by atoms with Gasteiger partial charge in [-0.1, -0.05) is 37.3 Å². The molecular weight excluding hydrogens is 362 g/mol. The first-order chi connectivity index (χ1) is 14.2. The molecule has 3 aromatic rings. The van der Waals surface area contributed by atoms with Gasteiger partial charge >= 0.3 is 0 Å². The number of nitrogens with zero attached hydrogens (tertiary/aromatic N) is 3. The van der Waals surface area contributed by atoms with Crippen LogP contribution in [-0.4, -0.2) is 34.3 Å². The molecule has 0 bridgehead atoms. The molecule has 5 nitrogen and oxygen atoms in total. The number of hydrogen-bond donors (Lipinski definition) is 1. The van der Waals surface area contributed by atoms with Crippen LogP contribution in [0.15, 0.2) is 54.7 Å². The summed E-state index contributed by atoms with van der Waals surface area (Å²) in [6, 6.07) is 16.4. The SMILES string of the molecule is CCc1ccccc1-c1ccc(N2CC[C@H](Oc3ncccc3C)C2)c(CO)n1. The van der Waals surface area contributed by atoms with E-state index in [9.17, 15) is 5.11 Å². The molecule has 5 heteroatoms. The number of pyridine rings is 2. The maximum Gasteiger partial charge on any atom is 0.216 e. The van der Waals surface area contributed by atoms with Crippen LogP contribution in [-0.2, 0) is 13.0 Å². The van der Waals surface area contributed by atoms with E-state index in [1.165, 1.54) is 5.56 Å². The molecule has 0 saturated carbocycles. The van der Waals surface area contributed by atoms with Gasteiger partial charge in [0.05, 0.1) is 30.2 Å². The largest absolute Gasteiger partial charge is 0.472 e. The highest BCUT2D eigenvalue weighted by molar-refractivity contribution is 5.67. The zero-order valence-corrected chi connectivity index (χ0v) is 17.0. The molecule has 1 aromatic carbocycles. The van der Waals surface area contributed by atoms with Gasteiger partial charge in [0.2, 0.25) is 5.88 Å². The Kier molecular flexibility index (Phi) is 5.76. The summed E-state index contributed by atoms with van der Waals surface area (Å²) in [5.41, 5.74) is 6.03. The van der Waals surface area contributed by atoms with Crippen molar-refractivity contribution in [1.29, 1.82) is 0 Å². The van der Waals surface area contributed by atoms with Gasteiger partial charge in [0.1, 0.15) is 6.10 Å². The van der Waals surface area contributed by atoms with Crippen LogP contribution in [0.5, 0.6) is 5.88 Å². The van der Waals surface area contributed by atoms with E-state index in [1.807, 2.05) is 25.1 Å². The predicted octanol–water partition coefficient (Wildman–Crippen LogP) is 4.16. The number of anilines is 1. The summed E-state index contributed by atoms with van der Waals surface area (Å²) in [6.07, 6.45) is 3.71. The van der Waals surface area contributed by atoms with Gasteiger partial charge in [0.25, 0.3) is 0 Å². The van der Waals surface area contributed by atoms with Gasteiger partial charge in [-0.2, -0.15) is 0 Å². The Hall–Kier alpha value is -2.92. The van der Waals surface area contributed by atoms with Gasteiger partial charge < -0.3 is 14.7 Å². The summed E-state index contributed by atoms with van der Waals surface area (Å²) in [7, 11) is 0. The quantitative estimate of drug-likeness (QED) is 0.686. The van der Waals surface area contributed by atoms with Gasteiger partial charge in [0, 0.05) is 30.3 Å². The van der Waals surface area contributed by atoms with Crippen LogP contribution >= 0.6 is 0 Å². The van der Waals surface area contributed by atoms with Gasteiger partial charge in [0.15, 0.2) is 0 Å². The molecule has 3 heterocycles. The van der Waals surface area contributed by atoms with Crippen LogP contribution in [0.4, 0.5) is 5.69 Å². The highest BCUT2D eigenvalue weighted by atomic mass is 16.5. The van der Waals surface area contributed by atoms with Crippen LogP contribution in [0.25, 0.3) is 11.3 Å². The van der Waals surface area contributed by atoms with Gasteiger partial charge in [-0.15, -0.1) is 0 Å². The third-order valence-electron chi connectivity index (χ3n) is 5.50. The minimum atomic E-state index is -0.0845. The molecule has 0 spiro atoms. The molecule has 29 heavy (non-hydrogen) atoms. The van der Waals surface area contributed by atoms with E-state index in [4.69, 9.17) is 9.72 Å². The molecule has 2 aromatic heterocycles. The number of rotatable bonds is 6. The van der Waals surface area contributed by atoms with E-state index in [1.54, 1.807) is 6.20 Å². The number of benzene rings is 1. The van der Waals surface area contributed by atoms with Gasteiger partial charge in [-0.05, 0) is 37.1 Å². The van der Waals surface area contributed by atoms with E-state index < -0.39 is 0 Å². The average molecular weight is 389 g/mol. The van der Waals surface area contributed by atoms with E-state index in [0.717, 1.165) is 48.4 Å². The fourth-order valence-electron chi connectivity index (χ4n) is 3.92. The highest BCUT2D eigenvalue weighted by Gasteiger charge is 2.27. The molecule has 150 valence electrons. The molecule has 0 unspecified atom stereocenters. The lowest BCUT2D eigenvalue weighted by Crippen LogP contribution is -2.26. The summed E-state index contributed by atoms with van der Waals surface area (Å²) in [6.45, 7) is 5.70. The lowest BCUT2D eigenvalue weighted by Gasteiger charge is -2.22. The second-order valence-corrected chi connectivity index (χ2v) is 7.43. The Bertz CT molecular complexity index is 989. The van der Waals surface area contributed by atoms with Crippen molar-refractivity contribution in [3.05, 3.63) is 71.5 Å². The van der Waals surface area contributed by atoms with Crippen molar-refractivity contribution < 1.29 is 9.84 Å². The predicted molar refractivity (Wildman–Crippen MR) is 115 cm³/mol. The number of hydrogen-bond acceptors (Lipinski definition) is 5. The van der Waals surface area contributed by atoms with Crippen LogP contribution in [0.3, 0.4) is 0 Å². The van der Waals surface area contributed by atoms with E-state index >= 15 is 0 Å². The molecule has 0 radical (unpaired) electrons. The number of aliphatic hydroxyl groups is 1. The van der Waals surface area contributed by atoms with Crippen molar-refractivity contribution in [1.82, 2.24) is 9.97 Å². The van der Waals surface area contributed by atoms with Crippen molar-refractivity contribution in [3.63, 3.8) is 0 Å². The van der Waals surface area contributed by atoms with E-state index in [-0.39, 0.29) is 12.7 Å². The molecular formula is C24H27N3O2. The van der Waals surface area contributed by atoms with Crippen molar-refractivity contribution in [2.24, 2.45) is 0 Å². The Morgan fingerprint density at radius 3 is 2.79 bits per heavy atom. The maximum absolute atomic E-state index is 9.98. The Morgan fingerprint density at radius 2 is 2.00 bits per heavy atom. The van der Waals surface area contributed by atoms with Crippen molar-refractivity contribution >= 4 is 5.69 Å². The monoisotopic (exact) mass is 389 g/mol. The first-order valence-corrected chi connectivity index (χ1v) is 10.2. The van der Waals surface area contributed by atoms with Crippen LogP contribution < -0.4 is 9.64 Å². The Morgan fingerprint density at radius 1 is 1.14 bits per heavy atom. The third-order valence-corrected chi connectivity index (χ3v) is 5.50. The van der Waals surface area contributed by atoms with Crippen molar-refractivity contribution in [3.8, 4) is 17.1 Å². The van der Waals surface area contributed by atoms with Gasteiger partial charge in [-0.25, -0.2) is 9.97 Å². The van der Waals surface area contributed by atoms with E-state index in [0.29, 0.717) is 11.6 Å². The fourth-order valence-corrected chi connectivity index (χ4v) is 3.92. The van der Waals surface area contributed by atoms with Crippen molar-refractivity contribution in [2.75, 3.05) is 18.0 Å². The smallest absolute Gasteiger partial charge is 0.216 e. The standard InChI is InChI=1S/C24H27N3O2/c1-3-18-8-4-5-9-20(18)21-10-11-23(22(16-28)26-21)27-14-12-19(15-27)29-24-17(2)7-6-13-25-24/h4-11,13,19,28H,3,12,14-16H2,1-2H3/t19-/m0/s1. The van der Waals surface area contributed by atoms with Crippen LogP contribution in [0.2, 0.25) is 0 Å². The van der Waals surface area contributed by atoms with Crippen molar-refractivity contribution in [2.45, 2.75) is 39.4 Å². The summed E-state index contributed by atoms with van der Waals surface area (Å²) in [5, 5.41) is 9.98. The maximum atomic E-state index is 9.98. The molecule has 1 aliphatic heterocycles. The summed E-state index contributed by atoms with van der Waals surface area (Å²) < 4.78 is 6.12. The lowest BCUT2D eigenvalue weighted by molar-refractivity contribution is 0.214. The van der Waals surface area contributed by atoms with Gasteiger partial charge in [-0.3, -0.25) is 0 Å². The second-order valence-electron chi connectivity index (χ2n) is 7.43. The molecule has 0 aliphatic carbocycles.